The second kappa shape index (κ2) is 7.77. The standard InChI is InChI=1S/C17H21F2N3O3/c18-17(19)25-12-7-5-11(6-8-12)22-10-2-4-14(16(22)24)21-15(23)13-3-1-9-20-13/h5-8,13-14,17,20H,1-4,9-10H2,(H,21,23). The van der Waals surface area contributed by atoms with E-state index in [1.807, 2.05) is 0 Å². The average Bonchev–Trinajstić information content (AvgIpc) is 3.12. The smallest absolute Gasteiger partial charge is 0.387 e. The van der Waals surface area contributed by atoms with Crippen LogP contribution in [0.4, 0.5) is 14.5 Å². The number of nitrogens with one attached hydrogen (secondary N) is 2. The first-order valence-corrected chi connectivity index (χ1v) is 8.44. The van der Waals surface area contributed by atoms with E-state index < -0.39 is 12.7 Å². The number of halogens is 2. The molecule has 0 aromatic heterocycles. The number of hydrogen-bond acceptors (Lipinski definition) is 4. The molecule has 2 saturated heterocycles. The van der Waals surface area contributed by atoms with Crippen molar-refractivity contribution in [3.8, 4) is 5.75 Å². The van der Waals surface area contributed by atoms with Gasteiger partial charge in [-0.1, -0.05) is 0 Å². The molecule has 2 aliphatic heterocycles. The molecule has 2 fully saturated rings. The van der Waals surface area contributed by atoms with Crippen molar-refractivity contribution in [3.05, 3.63) is 24.3 Å². The molecule has 1 aromatic rings. The molecule has 2 unspecified atom stereocenters. The first kappa shape index (κ1) is 17.6. The Morgan fingerprint density at radius 3 is 2.64 bits per heavy atom. The molecule has 0 radical (unpaired) electrons. The van der Waals surface area contributed by atoms with Crippen LogP contribution >= 0.6 is 0 Å². The molecule has 2 aliphatic rings. The fraction of sp³-hybridized carbons (Fsp3) is 0.529. The van der Waals surface area contributed by atoms with Gasteiger partial charge in [0.25, 0.3) is 0 Å². The quantitative estimate of drug-likeness (QED) is 0.845. The highest BCUT2D eigenvalue weighted by Gasteiger charge is 2.33. The maximum Gasteiger partial charge on any atom is 0.387 e. The maximum atomic E-state index is 12.7. The van der Waals surface area contributed by atoms with Crippen molar-refractivity contribution in [1.82, 2.24) is 10.6 Å². The Kier molecular flexibility index (Phi) is 5.47. The number of piperidine rings is 1. The summed E-state index contributed by atoms with van der Waals surface area (Å²) in [6, 6.07) is 5.16. The van der Waals surface area contributed by atoms with E-state index in [1.54, 1.807) is 17.0 Å². The summed E-state index contributed by atoms with van der Waals surface area (Å²) in [5.41, 5.74) is 0.601. The van der Waals surface area contributed by atoms with E-state index in [0.29, 0.717) is 18.7 Å². The molecule has 0 spiro atoms. The van der Waals surface area contributed by atoms with Crippen LogP contribution in [-0.4, -0.2) is 43.6 Å². The third kappa shape index (κ3) is 4.25. The van der Waals surface area contributed by atoms with Crippen LogP contribution in [0.25, 0.3) is 0 Å². The van der Waals surface area contributed by atoms with Gasteiger partial charge in [-0.15, -0.1) is 0 Å². The third-order valence-corrected chi connectivity index (χ3v) is 4.51. The summed E-state index contributed by atoms with van der Waals surface area (Å²) >= 11 is 0. The molecule has 2 atom stereocenters. The van der Waals surface area contributed by atoms with Gasteiger partial charge in [-0.3, -0.25) is 9.59 Å². The van der Waals surface area contributed by atoms with Gasteiger partial charge in [0.05, 0.1) is 6.04 Å². The van der Waals surface area contributed by atoms with E-state index in [1.165, 1.54) is 12.1 Å². The van der Waals surface area contributed by atoms with Crippen LogP contribution in [0, 0.1) is 0 Å². The molecule has 0 saturated carbocycles. The Morgan fingerprint density at radius 1 is 1.24 bits per heavy atom. The molecule has 2 amide bonds. The van der Waals surface area contributed by atoms with Crippen molar-refractivity contribution in [2.45, 2.75) is 44.4 Å². The Morgan fingerprint density at radius 2 is 2.00 bits per heavy atom. The zero-order valence-electron chi connectivity index (χ0n) is 13.7. The normalized spacial score (nSPS) is 23.8. The summed E-state index contributed by atoms with van der Waals surface area (Å²) in [6.45, 7) is -1.54. The molecule has 2 N–H and O–H groups in total. The van der Waals surface area contributed by atoms with Crippen molar-refractivity contribution in [1.29, 1.82) is 0 Å². The Labute approximate surface area is 144 Å². The lowest BCUT2D eigenvalue weighted by Crippen LogP contribution is -2.55. The van der Waals surface area contributed by atoms with Crippen LogP contribution in [-0.2, 0) is 9.59 Å². The molecule has 0 bridgehead atoms. The third-order valence-electron chi connectivity index (χ3n) is 4.51. The topological polar surface area (TPSA) is 70.7 Å². The first-order valence-electron chi connectivity index (χ1n) is 8.44. The van der Waals surface area contributed by atoms with Crippen LogP contribution in [0.15, 0.2) is 24.3 Å². The van der Waals surface area contributed by atoms with E-state index in [4.69, 9.17) is 0 Å². The van der Waals surface area contributed by atoms with Gasteiger partial charge < -0.3 is 20.3 Å². The second-order valence-electron chi connectivity index (χ2n) is 6.21. The van der Waals surface area contributed by atoms with E-state index in [2.05, 4.69) is 15.4 Å². The monoisotopic (exact) mass is 353 g/mol. The summed E-state index contributed by atoms with van der Waals surface area (Å²) < 4.78 is 28.7. The minimum atomic E-state index is -2.88. The van der Waals surface area contributed by atoms with Gasteiger partial charge in [0.15, 0.2) is 0 Å². The number of amides is 2. The fourth-order valence-corrected chi connectivity index (χ4v) is 3.25. The van der Waals surface area contributed by atoms with E-state index in [0.717, 1.165) is 25.8 Å². The molecule has 1 aromatic carbocycles. The first-order chi connectivity index (χ1) is 12.0. The Hall–Kier alpha value is -2.22. The number of benzene rings is 1. The summed E-state index contributed by atoms with van der Waals surface area (Å²) in [7, 11) is 0. The van der Waals surface area contributed by atoms with E-state index in [9.17, 15) is 18.4 Å². The lowest BCUT2D eigenvalue weighted by atomic mass is 10.0. The number of ether oxygens (including phenoxy) is 1. The number of nitrogens with zero attached hydrogens (tertiary/aromatic N) is 1. The highest BCUT2D eigenvalue weighted by atomic mass is 19.3. The summed E-state index contributed by atoms with van der Waals surface area (Å²) in [5.74, 6) is -0.279. The number of carbonyl (C=O) groups is 2. The van der Waals surface area contributed by atoms with Crippen molar-refractivity contribution < 1.29 is 23.1 Å². The largest absolute Gasteiger partial charge is 0.435 e. The predicted molar refractivity (Wildman–Crippen MR) is 87.6 cm³/mol. The van der Waals surface area contributed by atoms with Crippen LogP contribution in [0.1, 0.15) is 25.7 Å². The Bertz CT molecular complexity index is 618. The lowest BCUT2D eigenvalue weighted by Gasteiger charge is -2.33. The van der Waals surface area contributed by atoms with Gasteiger partial charge in [-0.2, -0.15) is 8.78 Å². The van der Waals surface area contributed by atoms with Gasteiger partial charge in [0, 0.05) is 12.2 Å². The van der Waals surface area contributed by atoms with Crippen LogP contribution in [0.3, 0.4) is 0 Å². The molecule has 2 heterocycles. The van der Waals surface area contributed by atoms with Crippen molar-refractivity contribution in [3.63, 3.8) is 0 Å². The zero-order valence-corrected chi connectivity index (χ0v) is 13.7. The predicted octanol–water partition coefficient (Wildman–Crippen LogP) is 1.65. The summed E-state index contributed by atoms with van der Waals surface area (Å²) in [4.78, 5) is 26.5. The number of hydrogen-bond donors (Lipinski definition) is 2. The highest BCUT2D eigenvalue weighted by Crippen LogP contribution is 2.24. The molecule has 0 aliphatic carbocycles. The summed E-state index contributed by atoms with van der Waals surface area (Å²) in [5, 5.41) is 5.94. The molecule has 3 rings (SSSR count). The van der Waals surface area contributed by atoms with Crippen LogP contribution in [0.2, 0.25) is 0 Å². The van der Waals surface area contributed by atoms with E-state index >= 15 is 0 Å². The zero-order chi connectivity index (χ0) is 17.8. The molecule has 136 valence electrons. The van der Waals surface area contributed by atoms with E-state index in [-0.39, 0.29) is 23.6 Å². The van der Waals surface area contributed by atoms with Crippen LogP contribution < -0.4 is 20.3 Å². The molecular weight excluding hydrogens is 332 g/mol. The maximum absolute atomic E-state index is 12.7. The Balaban J connectivity index is 1.64. The van der Waals surface area contributed by atoms with Gasteiger partial charge in [-0.25, -0.2) is 0 Å². The van der Waals surface area contributed by atoms with Gasteiger partial charge in [-0.05, 0) is 56.5 Å². The van der Waals surface area contributed by atoms with Gasteiger partial charge in [0.1, 0.15) is 11.8 Å². The minimum absolute atomic E-state index is 0.0420. The lowest BCUT2D eigenvalue weighted by molar-refractivity contribution is -0.129. The minimum Gasteiger partial charge on any atom is -0.435 e. The van der Waals surface area contributed by atoms with Gasteiger partial charge in [0.2, 0.25) is 11.8 Å². The second-order valence-corrected chi connectivity index (χ2v) is 6.21. The SMILES string of the molecule is O=C(NC1CCCN(c2ccc(OC(F)F)cc2)C1=O)C1CCCN1. The molecule has 8 heteroatoms. The molecular formula is C17H21F2N3O3. The number of anilines is 1. The molecule has 25 heavy (non-hydrogen) atoms. The highest BCUT2D eigenvalue weighted by molar-refractivity contribution is 6.00. The number of carbonyl (C=O) groups excluding carboxylic acids is 2. The number of alkyl halides is 2. The molecule has 6 nitrogen and oxygen atoms in total. The fourth-order valence-electron chi connectivity index (χ4n) is 3.25. The van der Waals surface area contributed by atoms with Gasteiger partial charge >= 0.3 is 6.61 Å². The average molecular weight is 353 g/mol. The number of rotatable bonds is 5. The van der Waals surface area contributed by atoms with Crippen molar-refractivity contribution in [2.24, 2.45) is 0 Å². The summed E-state index contributed by atoms with van der Waals surface area (Å²) in [6.07, 6.45) is 3.09. The van der Waals surface area contributed by atoms with Crippen molar-refractivity contribution >= 4 is 17.5 Å². The van der Waals surface area contributed by atoms with Crippen molar-refractivity contribution in [2.75, 3.05) is 18.0 Å². The van der Waals surface area contributed by atoms with Crippen LogP contribution in [0.5, 0.6) is 5.75 Å².